The Morgan fingerprint density at radius 2 is 2.15 bits per heavy atom. The van der Waals surface area contributed by atoms with Gasteiger partial charge in [-0.05, 0) is 49.6 Å². The second kappa shape index (κ2) is 6.65. The Balaban J connectivity index is 1.52. The van der Waals surface area contributed by atoms with E-state index in [0.717, 1.165) is 42.0 Å². The van der Waals surface area contributed by atoms with Gasteiger partial charge in [0.05, 0.1) is 16.3 Å². The fourth-order valence-electron chi connectivity index (χ4n) is 4.30. The molecule has 1 aromatic heterocycles. The van der Waals surface area contributed by atoms with E-state index in [1.807, 2.05) is 6.07 Å². The molecule has 1 fully saturated rings. The van der Waals surface area contributed by atoms with E-state index >= 15 is 0 Å². The van der Waals surface area contributed by atoms with Crippen LogP contribution in [-0.4, -0.2) is 29.3 Å². The maximum Gasteiger partial charge on any atom is 0.124 e. The van der Waals surface area contributed by atoms with Gasteiger partial charge in [0.25, 0.3) is 0 Å². The summed E-state index contributed by atoms with van der Waals surface area (Å²) in [4.78, 5) is 4.80. The van der Waals surface area contributed by atoms with Gasteiger partial charge in [-0.25, -0.2) is 4.98 Å². The zero-order chi connectivity index (χ0) is 17.5. The molecule has 2 aromatic carbocycles. The van der Waals surface area contributed by atoms with Crippen molar-refractivity contribution < 1.29 is 9.84 Å². The molecule has 0 saturated carbocycles. The van der Waals surface area contributed by atoms with Crippen molar-refractivity contribution in [2.45, 2.75) is 31.4 Å². The average molecular weight is 366 g/mol. The molecule has 0 spiro atoms. The number of fused-ring (bicyclic) bond motifs is 4. The molecule has 3 unspecified atom stereocenters. The molecule has 3 aromatic rings. The fraction of sp³-hybridized carbons (Fsp3) is 0.381. The highest BCUT2D eigenvalue weighted by Crippen LogP contribution is 2.47. The van der Waals surface area contributed by atoms with Crippen molar-refractivity contribution in [1.29, 1.82) is 0 Å². The summed E-state index contributed by atoms with van der Waals surface area (Å²) in [5, 5.41) is 14.0. The van der Waals surface area contributed by atoms with Gasteiger partial charge in [0.1, 0.15) is 5.01 Å². The lowest BCUT2D eigenvalue weighted by Crippen LogP contribution is -2.36. The van der Waals surface area contributed by atoms with E-state index in [9.17, 15) is 5.11 Å². The molecule has 3 heterocycles. The minimum Gasteiger partial charge on any atom is -0.396 e. The van der Waals surface area contributed by atoms with Gasteiger partial charge < -0.3 is 15.2 Å². The Bertz CT molecular complexity index is 906. The number of rotatable bonds is 4. The molecular weight excluding hydrogens is 344 g/mol. The van der Waals surface area contributed by atoms with Crippen LogP contribution in [0.2, 0.25) is 0 Å². The molecule has 26 heavy (non-hydrogen) atoms. The first-order valence-electron chi connectivity index (χ1n) is 9.32. The van der Waals surface area contributed by atoms with Crippen LogP contribution in [0.15, 0.2) is 42.5 Å². The summed E-state index contributed by atoms with van der Waals surface area (Å²) in [5.74, 6) is 0.486. The van der Waals surface area contributed by atoms with Gasteiger partial charge in [0.15, 0.2) is 0 Å². The predicted molar refractivity (Wildman–Crippen MR) is 106 cm³/mol. The molecule has 1 saturated heterocycles. The average Bonchev–Trinajstić information content (AvgIpc) is 3.32. The maximum absolute atomic E-state index is 9.19. The molecule has 134 valence electrons. The quantitative estimate of drug-likeness (QED) is 0.708. The van der Waals surface area contributed by atoms with Crippen LogP contribution in [0, 0.1) is 5.92 Å². The van der Waals surface area contributed by atoms with Crippen LogP contribution in [0.25, 0.3) is 20.8 Å². The number of ether oxygens (including phenoxy) is 1. The number of nitrogens with zero attached hydrogens (tertiary/aromatic N) is 1. The molecule has 0 aliphatic carbocycles. The number of para-hydroxylation sites is 1. The highest BCUT2D eigenvalue weighted by molar-refractivity contribution is 7.21. The van der Waals surface area contributed by atoms with Crippen LogP contribution in [0.5, 0.6) is 0 Å². The minimum absolute atomic E-state index is 0.157. The number of nitrogens with one attached hydrogen (secondary N) is 1. The summed E-state index contributed by atoms with van der Waals surface area (Å²) in [6, 6.07) is 15.2. The Kier molecular flexibility index (Phi) is 4.15. The molecule has 2 N–H and O–H groups in total. The van der Waals surface area contributed by atoms with E-state index in [2.05, 4.69) is 41.7 Å². The molecule has 2 aliphatic heterocycles. The van der Waals surface area contributed by atoms with Crippen molar-refractivity contribution in [2.75, 3.05) is 18.5 Å². The highest BCUT2D eigenvalue weighted by atomic mass is 32.1. The molecule has 5 heteroatoms. The summed E-state index contributed by atoms with van der Waals surface area (Å²) >= 11 is 1.74. The van der Waals surface area contributed by atoms with Gasteiger partial charge in [-0.1, -0.05) is 12.1 Å². The lowest BCUT2D eigenvalue weighted by Gasteiger charge is -2.36. The van der Waals surface area contributed by atoms with E-state index in [1.54, 1.807) is 11.3 Å². The summed E-state index contributed by atoms with van der Waals surface area (Å²) in [6.45, 7) is 1.07. The molecule has 0 amide bonds. The number of aromatic nitrogens is 1. The maximum atomic E-state index is 9.19. The molecule has 2 aliphatic rings. The largest absolute Gasteiger partial charge is 0.396 e. The van der Waals surface area contributed by atoms with Gasteiger partial charge in [-0.2, -0.15) is 0 Å². The summed E-state index contributed by atoms with van der Waals surface area (Å²) < 4.78 is 7.34. The third kappa shape index (κ3) is 2.71. The van der Waals surface area contributed by atoms with Crippen LogP contribution in [0.4, 0.5) is 5.69 Å². The summed E-state index contributed by atoms with van der Waals surface area (Å²) in [7, 11) is 0. The van der Waals surface area contributed by atoms with E-state index < -0.39 is 0 Å². The molecule has 3 atom stereocenters. The van der Waals surface area contributed by atoms with Crippen LogP contribution < -0.4 is 5.32 Å². The van der Waals surface area contributed by atoms with Gasteiger partial charge in [0.2, 0.25) is 0 Å². The van der Waals surface area contributed by atoms with Crippen molar-refractivity contribution in [1.82, 2.24) is 4.98 Å². The third-order valence-electron chi connectivity index (χ3n) is 5.57. The van der Waals surface area contributed by atoms with Crippen molar-refractivity contribution in [3.05, 3.63) is 48.0 Å². The van der Waals surface area contributed by atoms with Crippen molar-refractivity contribution in [3.8, 4) is 10.6 Å². The first-order valence-corrected chi connectivity index (χ1v) is 10.1. The standard InChI is InChI=1S/C21H22N2O2S/c24-10-3-5-16-14-9-11-25-20(14)15-12-13(7-8-17(15)22-16)21-23-18-4-1-2-6-19(18)26-21/h1-2,4,6-8,12,14,16,20,22,24H,3,5,9-11H2. The summed E-state index contributed by atoms with van der Waals surface area (Å²) in [6.07, 6.45) is 3.06. The van der Waals surface area contributed by atoms with Crippen LogP contribution in [-0.2, 0) is 4.74 Å². The monoisotopic (exact) mass is 366 g/mol. The van der Waals surface area contributed by atoms with Gasteiger partial charge in [-0.15, -0.1) is 11.3 Å². The SMILES string of the molecule is OCCCC1Nc2ccc(-c3nc4ccccc4s3)cc2C2OCCC12. The highest BCUT2D eigenvalue weighted by Gasteiger charge is 2.40. The summed E-state index contributed by atoms with van der Waals surface area (Å²) in [5.41, 5.74) is 4.64. The number of aliphatic hydroxyl groups excluding tert-OH is 1. The fourth-order valence-corrected chi connectivity index (χ4v) is 5.26. The van der Waals surface area contributed by atoms with E-state index in [1.165, 1.54) is 16.0 Å². The second-order valence-corrected chi connectivity index (χ2v) is 8.18. The van der Waals surface area contributed by atoms with Crippen LogP contribution in [0.1, 0.15) is 30.9 Å². The van der Waals surface area contributed by atoms with Crippen molar-refractivity contribution in [2.24, 2.45) is 5.92 Å². The Hall–Kier alpha value is -1.95. The van der Waals surface area contributed by atoms with E-state index in [0.29, 0.717) is 12.0 Å². The molecular formula is C21H22N2O2S. The van der Waals surface area contributed by atoms with E-state index in [-0.39, 0.29) is 12.7 Å². The number of benzene rings is 2. The van der Waals surface area contributed by atoms with Gasteiger partial charge in [0, 0.05) is 42.0 Å². The topological polar surface area (TPSA) is 54.4 Å². The van der Waals surface area contributed by atoms with Crippen LogP contribution >= 0.6 is 11.3 Å². The third-order valence-corrected chi connectivity index (χ3v) is 6.65. The minimum atomic E-state index is 0.157. The smallest absolute Gasteiger partial charge is 0.124 e. The molecule has 4 nitrogen and oxygen atoms in total. The predicted octanol–water partition coefficient (Wildman–Crippen LogP) is 4.61. The number of aliphatic hydroxyl groups is 1. The normalized spacial score (nSPS) is 24.3. The lowest BCUT2D eigenvalue weighted by atomic mass is 9.82. The van der Waals surface area contributed by atoms with E-state index in [4.69, 9.17) is 9.72 Å². The zero-order valence-electron chi connectivity index (χ0n) is 14.5. The second-order valence-electron chi connectivity index (χ2n) is 7.15. The molecule has 0 radical (unpaired) electrons. The zero-order valence-corrected chi connectivity index (χ0v) is 15.3. The first-order chi connectivity index (χ1) is 12.8. The Morgan fingerprint density at radius 1 is 1.23 bits per heavy atom. The van der Waals surface area contributed by atoms with Gasteiger partial charge in [-0.3, -0.25) is 0 Å². The Morgan fingerprint density at radius 3 is 3.04 bits per heavy atom. The van der Waals surface area contributed by atoms with Crippen LogP contribution in [0.3, 0.4) is 0 Å². The molecule has 5 rings (SSSR count). The Labute approximate surface area is 156 Å². The number of hydrogen-bond acceptors (Lipinski definition) is 5. The first kappa shape index (κ1) is 16.2. The molecule has 0 bridgehead atoms. The van der Waals surface area contributed by atoms with Gasteiger partial charge >= 0.3 is 0 Å². The van der Waals surface area contributed by atoms with Crippen molar-refractivity contribution >= 4 is 27.2 Å². The lowest BCUT2D eigenvalue weighted by molar-refractivity contribution is 0.0814. The number of hydrogen-bond donors (Lipinski definition) is 2. The number of anilines is 1. The number of thiazole rings is 1. The van der Waals surface area contributed by atoms with Crippen molar-refractivity contribution in [3.63, 3.8) is 0 Å².